The average Bonchev–Trinajstić information content (AvgIpc) is 2.88. The third-order valence-electron chi connectivity index (χ3n) is 2.79. The molecule has 0 aliphatic rings. The van der Waals surface area contributed by atoms with Gasteiger partial charge >= 0.3 is 0 Å². The van der Waals surface area contributed by atoms with Gasteiger partial charge in [-0.05, 0) is 30.7 Å². The SMILES string of the molecule is Nc1ccc(S(N)(=O)=O)cc1NCCCn1cccn1. The van der Waals surface area contributed by atoms with Crippen molar-refractivity contribution in [2.45, 2.75) is 17.9 Å². The molecule has 0 bridgehead atoms. The van der Waals surface area contributed by atoms with Crippen molar-refractivity contribution in [3.63, 3.8) is 0 Å². The van der Waals surface area contributed by atoms with E-state index in [2.05, 4.69) is 10.4 Å². The fraction of sp³-hybridized carbons (Fsp3) is 0.250. The first-order chi connectivity index (χ1) is 9.47. The van der Waals surface area contributed by atoms with E-state index in [0.717, 1.165) is 13.0 Å². The molecule has 7 nitrogen and oxygen atoms in total. The highest BCUT2D eigenvalue weighted by molar-refractivity contribution is 7.89. The highest BCUT2D eigenvalue weighted by Gasteiger charge is 2.09. The molecule has 8 heteroatoms. The normalized spacial score (nSPS) is 11.4. The molecular weight excluding hydrogens is 278 g/mol. The monoisotopic (exact) mass is 295 g/mol. The molecule has 1 aromatic carbocycles. The van der Waals surface area contributed by atoms with E-state index in [1.54, 1.807) is 6.20 Å². The molecular formula is C12H17N5O2S. The van der Waals surface area contributed by atoms with Crippen LogP contribution in [-0.2, 0) is 16.6 Å². The summed E-state index contributed by atoms with van der Waals surface area (Å²) in [6, 6.07) is 6.22. The number of nitrogens with zero attached hydrogens (tertiary/aromatic N) is 2. The zero-order chi connectivity index (χ0) is 14.6. The number of nitrogens with two attached hydrogens (primary N) is 2. The number of sulfonamides is 1. The van der Waals surface area contributed by atoms with Crippen LogP contribution < -0.4 is 16.2 Å². The fourth-order valence-corrected chi connectivity index (χ4v) is 2.30. The molecule has 0 saturated heterocycles. The number of anilines is 2. The molecule has 1 aromatic heterocycles. The van der Waals surface area contributed by atoms with E-state index in [9.17, 15) is 8.42 Å². The van der Waals surface area contributed by atoms with Crippen LogP contribution in [-0.4, -0.2) is 24.7 Å². The Morgan fingerprint density at radius 1 is 1.35 bits per heavy atom. The van der Waals surface area contributed by atoms with Crippen molar-refractivity contribution >= 4 is 21.4 Å². The molecule has 0 fully saturated rings. The van der Waals surface area contributed by atoms with Gasteiger partial charge in [-0.2, -0.15) is 5.10 Å². The quantitative estimate of drug-likeness (QED) is 0.533. The number of aryl methyl sites for hydroxylation is 1. The Morgan fingerprint density at radius 3 is 2.80 bits per heavy atom. The Bertz CT molecular complexity index is 667. The van der Waals surface area contributed by atoms with Crippen molar-refractivity contribution in [1.82, 2.24) is 9.78 Å². The molecule has 0 radical (unpaired) electrons. The topological polar surface area (TPSA) is 116 Å². The first kappa shape index (κ1) is 14.4. The average molecular weight is 295 g/mol. The van der Waals surface area contributed by atoms with Gasteiger partial charge in [-0.25, -0.2) is 13.6 Å². The van der Waals surface area contributed by atoms with Crippen LogP contribution in [0.25, 0.3) is 0 Å². The van der Waals surface area contributed by atoms with Crippen LogP contribution in [0.3, 0.4) is 0 Å². The molecule has 0 spiro atoms. The number of nitrogens with one attached hydrogen (secondary N) is 1. The zero-order valence-electron chi connectivity index (χ0n) is 10.9. The van der Waals surface area contributed by atoms with E-state index >= 15 is 0 Å². The number of primary sulfonamides is 1. The second-order valence-electron chi connectivity index (χ2n) is 4.34. The molecule has 0 aliphatic carbocycles. The molecule has 0 aliphatic heterocycles. The van der Waals surface area contributed by atoms with E-state index in [0.29, 0.717) is 17.9 Å². The minimum atomic E-state index is -3.72. The second-order valence-corrected chi connectivity index (χ2v) is 5.90. The Labute approximate surface area is 117 Å². The van der Waals surface area contributed by atoms with Gasteiger partial charge < -0.3 is 11.1 Å². The van der Waals surface area contributed by atoms with Crippen molar-refractivity contribution < 1.29 is 8.42 Å². The summed E-state index contributed by atoms with van der Waals surface area (Å²) in [4.78, 5) is 0.0428. The molecule has 2 rings (SSSR count). The Hall–Kier alpha value is -2.06. The summed E-state index contributed by atoms with van der Waals surface area (Å²) in [6.07, 6.45) is 4.44. The number of hydrogen-bond donors (Lipinski definition) is 3. The lowest BCUT2D eigenvalue weighted by molar-refractivity contribution is 0.591. The highest BCUT2D eigenvalue weighted by atomic mass is 32.2. The van der Waals surface area contributed by atoms with Gasteiger partial charge in [-0.15, -0.1) is 0 Å². The lowest BCUT2D eigenvalue weighted by Crippen LogP contribution is -2.13. The molecule has 1 heterocycles. The van der Waals surface area contributed by atoms with Crippen molar-refractivity contribution in [3.05, 3.63) is 36.7 Å². The maximum Gasteiger partial charge on any atom is 0.238 e. The number of aromatic nitrogens is 2. The van der Waals surface area contributed by atoms with Crippen LogP contribution in [0.4, 0.5) is 11.4 Å². The van der Waals surface area contributed by atoms with E-state index in [4.69, 9.17) is 10.9 Å². The first-order valence-corrected chi connectivity index (χ1v) is 7.65. The predicted molar refractivity (Wildman–Crippen MR) is 77.6 cm³/mol. The second kappa shape index (κ2) is 5.93. The molecule has 108 valence electrons. The fourth-order valence-electron chi connectivity index (χ4n) is 1.76. The minimum absolute atomic E-state index is 0.0428. The van der Waals surface area contributed by atoms with Crippen LogP contribution in [0.5, 0.6) is 0 Å². The van der Waals surface area contributed by atoms with Crippen LogP contribution in [0, 0.1) is 0 Å². The molecule has 0 saturated carbocycles. The number of nitrogen functional groups attached to an aromatic ring is 1. The van der Waals surface area contributed by atoms with Crippen LogP contribution in [0.1, 0.15) is 6.42 Å². The maximum absolute atomic E-state index is 11.3. The lowest BCUT2D eigenvalue weighted by atomic mass is 10.2. The third-order valence-corrected chi connectivity index (χ3v) is 3.70. The van der Waals surface area contributed by atoms with Crippen LogP contribution >= 0.6 is 0 Å². The van der Waals surface area contributed by atoms with Crippen molar-refractivity contribution in [3.8, 4) is 0 Å². The summed E-state index contributed by atoms with van der Waals surface area (Å²) >= 11 is 0. The first-order valence-electron chi connectivity index (χ1n) is 6.10. The lowest BCUT2D eigenvalue weighted by Gasteiger charge is -2.10. The summed E-state index contributed by atoms with van der Waals surface area (Å²) in [7, 11) is -3.72. The van der Waals surface area contributed by atoms with E-state index < -0.39 is 10.0 Å². The molecule has 0 atom stereocenters. The highest BCUT2D eigenvalue weighted by Crippen LogP contribution is 2.22. The van der Waals surface area contributed by atoms with Crippen molar-refractivity contribution in [2.24, 2.45) is 5.14 Å². The standard InChI is InChI=1S/C12H17N5O2S/c13-11-4-3-10(20(14,18)19)9-12(11)15-5-1-7-17-8-2-6-16-17/h2-4,6,8-9,15H,1,5,7,13H2,(H2,14,18,19). The van der Waals surface area contributed by atoms with Gasteiger partial charge in [-0.3, -0.25) is 4.68 Å². The third kappa shape index (κ3) is 3.72. The van der Waals surface area contributed by atoms with Gasteiger partial charge in [0.2, 0.25) is 10.0 Å². The molecule has 5 N–H and O–H groups in total. The van der Waals surface area contributed by atoms with Gasteiger partial charge in [0, 0.05) is 25.5 Å². The summed E-state index contributed by atoms with van der Waals surface area (Å²) in [5, 5.41) is 12.3. The van der Waals surface area contributed by atoms with Crippen LogP contribution in [0.2, 0.25) is 0 Å². The zero-order valence-corrected chi connectivity index (χ0v) is 11.7. The Morgan fingerprint density at radius 2 is 2.15 bits per heavy atom. The summed E-state index contributed by atoms with van der Waals surface area (Å²) in [5.41, 5.74) is 6.84. The smallest absolute Gasteiger partial charge is 0.238 e. The van der Waals surface area contributed by atoms with Crippen molar-refractivity contribution in [1.29, 1.82) is 0 Å². The minimum Gasteiger partial charge on any atom is -0.397 e. The number of hydrogen-bond acceptors (Lipinski definition) is 5. The van der Waals surface area contributed by atoms with Gasteiger partial charge in [0.05, 0.1) is 16.3 Å². The maximum atomic E-state index is 11.3. The molecule has 0 unspecified atom stereocenters. The predicted octanol–water partition coefficient (Wildman–Crippen LogP) is 0.615. The summed E-state index contributed by atoms with van der Waals surface area (Å²) < 4.78 is 24.4. The summed E-state index contributed by atoms with van der Waals surface area (Å²) in [5.74, 6) is 0. The van der Waals surface area contributed by atoms with Crippen LogP contribution in [0.15, 0.2) is 41.6 Å². The Kier molecular flexibility index (Phi) is 4.26. The molecule has 0 amide bonds. The molecule has 2 aromatic rings. The van der Waals surface area contributed by atoms with Gasteiger partial charge in [0.1, 0.15) is 0 Å². The van der Waals surface area contributed by atoms with Gasteiger partial charge in [-0.1, -0.05) is 0 Å². The Balaban J connectivity index is 1.95. The molecule has 20 heavy (non-hydrogen) atoms. The van der Waals surface area contributed by atoms with E-state index in [-0.39, 0.29) is 4.90 Å². The number of benzene rings is 1. The summed E-state index contributed by atoms with van der Waals surface area (Å²) in [6.45, 7) is 1.42. The van der Waals surface area contributed by atoms with Crippen molar-refractivity contribution in [2.75, 3.05) is 17.6 Å². The van der Waals surface area contributed by atoms with E-state index in [1.165, 1.54) is 18.2 Å². The van der Waals surface area contributed by atoms with Gasteiger partial charge in [0.25, 0.3) is 0 Å². The van der Waals surface area contributed by atoms with Gasteiger partial charge in [0.15, 0.2) is 0 Å². The van der Waals surface area contributed by atoms with E-state index in [1.807, 2.05) is 16.9 Å². The number of rotatable bonds is 6. The largest absolute Gasteiger partial charge is 0.397 e.